The van der Waals surface area contributed by atoms with E-state index >= 15 is 0 Å². The summed E-state index contributed by atoms with van der Waals surface area (Å²) in [6.45, 7) is 4.12. The van der Waals surface area contributed by atoms with Crippen LogP contribution >= 0.6 is 23.1 Å². The second-order valence-corrected chi connectivity index (χ2v) is 15.6. The predicted molar refractivity (Wildman–Crippen MR) is 168 cm³/mol. The van der Waals surface area contributed by atoms with Crippen molar-refractivity contribution in [1.29, 1.82) is 0 Å². The van der Waals surface area contributed by atoms with E-state index in [0.29, 0.717) is 5.75 Å². The number of benzene rings is 2. The number of carbonyl (C=O) groups excluding carboxylic acids is 1. The smallest absolute Gasteiger partial charge is 0.319 e. The second kappa shape index (κ2) is 12.1. The number of rotatable bonds is 8. The number of aromatic nitrogens is 2. The summed E-state index contributed by atoms with van der Waals surface area (Å²) < 4.78 is 14.2. The van der Waals surface area contributed by atoms with Gasteiger partial charge in [0.25, 0.3) is 0 Å². The molecule has 0 unspecified atom stereocenters. The third kappa shape index (κ3) is 6.35. The Kier molecular flexibility index (Phi) is 8.24. The van der Waals surface area contributed by atoms with Crippen LogP contribution in [0.5, 0.6) is 0 Å². The van der Waals surface area contributed by atoms with Gasteiger partial charge in [0, 0.05) is 28.5 Å². The van der Waals surface area contributed by atoms with Crippen molar-refractivity contribution in [2.75, 3.05) is 11.1 Å². The molecule has 1 saturated heterocycles. The van der Waals surface area contributed by atoms with E-state index in [2.05, 4.69) is 27.8 Å². The summed E-state index contributed by atoms with van der Waals surface area (Å²) in [5.41, 5.74) is 3.45. The molecule has 0 spiro atoms. The first-order valence-electron chi connectivity index (χ1n) is 15.5. The van der Waals surface area contributed by atoms with Crippen molar-refractivity contribution in [3.63, 3.8) is 0 Å². The third-order valence-electron chi connectivity index (χ3n) is 9.84. The van der Waals surface area contributed by atoms with Gasteiger partial charge in [0.15, 0.2) is 10.6 Å². The number of amides is 2. The number of aliphatic hydroxyl groups excluding tert-OH is 1. The van der Waals surface area contributed by atoms with E-state index in [0.717, 1.165) is 68.7 Å². The largest absolute Gasteiger partial charge is 0.392 e. The molecule has 4 aliphatic carbocycles. The van der Waals surface area contributed by atoms with Crippen molar-refractivity contribution in [3.8, 4) is 0 Å². The molecule has 43 heavy (non-hydrogen) atoms. The fourth-order valence-corrected chi connectivity index (χ4v) is 10.2. The molecule has 2 amide bonds. The molecule has 8 nitrogen and oxygen atoms in total. The lowest BCUT2D eigenvalue weighted by atomic mass is 9.53. The Labute approximate surface area is 261 Å². The van der Waals surface area contributed by atoms with Crippen molar-refractivity contribution in [2.45, 2.75) is 87.4 Å². The number of aryl methyl sites for hydroxylation is 1. The number of nitrogens with zero attached hydrogens (tertiary/aromatic N) is 2. The highest BCUT2D eigenvalue weighted by Crippen LogP contribution is 2.55. The van der Waals surface area contributed by atoms with Crippen LogP contribution in [0.2, 0.25) is 0 Å². The van der Waals surface area contributed by atoms with Gasteiger partial charge in [-0.2, -0.15) is 0 Å². The summed E-state index contributed by atoms with van der Waals surface area (Å²) >= 11 is 3.24. The number of ether oxygens (including phenoxy) is 2. The maximum Gasteiger partial charge on any atom is 0.319 e. The van der Waals surface area contributed by atoms with Crippen LogP contribution in [0.3, 0.4) is 0 Å². The third-order valence-corrected chi connectivity index (χ3v) is 11.9. The average molecular weight is 621 g/mol. The van der Waals surface area contributed by atoms with E-state index in [9.17, 15) is 9.90 Å². The predicted octanol–water partition coefficient (Wildman–Crippen LogP) is 7.01. The van der Waals surface area contributed by atoms with Crippen molar-refractivity contribution in [1.82, 2.24) is 15.5 Å². The molecule has 1 aromatic heterocycles. The number of nitrogens with one attached hydrogen (secondary N) is 2. The molecule has 2 heterocycles. The molecule has 1 aliphatic heterocycles. The van der Waals surface area contributed by atoms with Gasteiger partial charge in [0.05, 0.1) is 18.8 Å². The quantitative estimate of drug-likeness (QED) is 0.233. The minimum atomic E-state index is -0.603. The first kappa shape index (κ1) is 29.2. The molecule has 0 radical (unpaired) electrons. The fourth-order valence-electron chi connectivity index (χ4n) is 8.23. The zero-order valence-electron chi connectivity index (χ0n) is 24.7. The Morgan fingerprint density at radius 2 is 1.74 bits per heavy atom. The van der Waals surface area contributed by atoms with E-state index in [1.807, 2.05) is 55.5 Å². The number of urea groups is 1. The molecule has 10 heteroatoms. The first-order chi connectivity index (χ1) is 20.8. The SMILES string of the molecule is Cc1nnc(SC[C@H]2O[C@@H](c3cccc(NC(=O)NC45CC6CC(CC(C6)C4)C5)c3)O[C@@H](c3ccc(CO)cc3)[C@H]2C)s1. The molecule has 2 aromatic carbocycles. The monoisotopic (exact) mass is 620 g/mol. The maximum absolute atomic E-state index is 13.3. The second-order valence-electron chi connectivity index (χ2n) is 13.1. The summed E-state index contributed by atoms with van der Waals surface area (Å²) in [6, 6.07) is 15.6. The van der Waals surface area contributed by atoms with Gasteiger partial charge in [-0.25, -0.2) is 4.79 Å². The molecule has 228 valence electrons. The Bertz CT molecular complexity index is 1410. The fraction of sp³-hybridized carbons (Fsp3) is 0.545. The lowest BCUT2D eigenvalue weighted by molar-refractivity contribution is -0.268. The van der Waals surface area contributed by atoms with Gasteiger partial charge in [-0.05, 0) is 86.5 Å². The highest BCUT2D eigenvalue weighted by Gasteiger charge is 2.51. The van der Waals surface area contributed by atoms with Gasteiger partial charge < -0.3 is 25.2 Å². The van der Waals surface area contributed by atoms with Crippen LogP contribution < -0.4 is 10.6 Å². The minimum absolute atomic E-state index is 0.00383. The Morgan fingerprint density at radius 3 is 2.40 bits per heavy atom. The van der Waals surface area contributed by atoms with Crippen LogP contribution in [0.15, 0.2) is 52.9 Å². The van der Waals surface area contributed by atoms with Crippen LogP contribution in [0.4, 0.5) is 10.5 Å². The zero-order valence-corrected chi connectivity index (χ0v) is 26.3. The van der Waals surface area contributed by atoms with Gasteiger partial charge in [-0.3, -0.25) is 0 Å². The van der Waals surface area contributed by atoms with Crippen LogP contribution in [-0.2, 0) is 16.1 Å². The first-order valence-corrected chi connectivity index (χ1v) is 17.3. The standard InChI is InChI=1S/C33H40N4O4S2/c1-19-28(18-42-32-37-36-20(2)43-32)40-30(41-29(19)25-8-6-21(17-38)7-9-25)26-4-3-5-27(13-26)34-31(39)35-33-14-22-10-23(15-33)12-24(11-22)16-33/h3-9,13,19,22-24,28-30,38H,10-12,14-18H2,1-2H3,(H2,34,35,39)/t19-,22?,23?,24?,28+,29+,30+,33?/m0/s1. The highest BCUT2D eigenvalue weighted by atomic mass is 32.2. The molecule has 4 saturated carbocycles. The highest BCUT2D eigenvalue weighted by molar-refractivity contribution is 8.01. The number of carbonyl (C=O) groups is 1. The van der Waals surface area contributed by atoms with Crippen LogP contribution in [0.25, 0.3) is 0 Å². The van der Waals surface area contributed by atoms with Crippen LogP contribution in [0, 0.1) is 30.6 Å². The molecule has 8 rings (SSSR count). The van der Waals surface area contributed by atoms with Crippen molar-refractivity contribution in [2.24, 2.45) is 23.7 Å². The molecule has 5 aliphatic rings. The number of thioether (sulfide) groups is 1. The molecule has 5 fully saturated rings. The number of aliphatic hydroxyl groups is 1. The number of hydrogen-bond donors (Lipinski definition) is 3. The summed E-state index contributed by atoms with van der Waals surface area (Å²) in [7, 11) is 0. The number of anilines is 1. The van der Waals surface area contributed by atoms with E-state index < -0.39 is 6.29 Å². The summed E-state index contributed by atoms with van der Waals surface area (Å²) in [4.78, 5) is 13.3. The van der Waals surface area contributed by atoms with E-state index in [-0.39, 0.29) is 36.3 Å². The van der Waals surface area contributed by atoms with Gasteiger partial charge >= 0.3 is 6.03 Å². The molecule has 3 N–H and O–H groups in total. The summed E-state index contributed by atoms with van der Waals surface area (Å²) in [5, 5.41) is 25.5. The van der Waals surface area contributed by atoms with Crippen LogP contribution in [-0.4, -0.2) is 38.7 Å². The molecule has 4 bridgehead atoms. The molecule has 3 aromatic rings. The van der Waals surface area contributed by atoms with E-state index in [1.54, 1.807) is 23.1 Å². The molecular formula is C33H40N4O4S2. The van der Waals surface area contributed by atoms with E-state index in [1.165, 1.54) is 19.3 Å². The van der Waals surface area contributed by atoms with Crippen LogP contribution in [0.1, 0.15) is 79.5 Å². The summed E-state index contributed by atoms with van der Waals surface area (Å²) in [5.74, 6) is 3.10. The summed E-state index contributed by atoms with van der Waals surface area (Å²) in [6.07, 6.45) is 6.47. The zero-order chi connectivity index (χ0) is 29.6. The maximum atomic E-state index is 13.3. The minimum Gasteiger partial charge on any atom is -0.392 e. The van der Waals surface area contributed by atoms with Gasteiger partial charge in [-0.1, -0.05) is 66.4 Å². The van der Waals surface area contributed by atoms with Crippen molar-refractivity contribution < 1.29 is 19.4 Å². The van der Waals surface area contributed by atoms with Crippen molar-refractivity contribution in [3.05, 3.63) is 70.2 Å². The van der Waals surface area contributed by atoms with Gasteiger partial charge in [-0.15, -0.1) is 10.2 Å². The molecule has 4 atom stereocenters. The lowest BCUT2D eigenvalue weighted by Gasteiger charge is -2.56. The normalized spacial score (nSPS) is 33.0. The van der Waals surface area contributed by atoms with Gasteiger partial charge in [0.1, 0.15) is 5.01 Å². The lowest BCUT2D eigenvalue weighted by Crippen LogP contribution is -2.60. The topological polar surface area (TPSA) is 106 Å². The van der Waals surface area contributed by atoms with Gasteiger partial charge in [0.2, 0.25) is 0 Å². The van der Waals surface area contributed by atoms with E-state index in [4.69, 9.17) is 9.47 Å². The molecular weight excluding hydrogens is 581 g/mol. The Balaban J connectivity index is 1.07. The Morgan fingerprint density at radius 1 is 1.02 bits per heavy atom. The number of hydrogen-bond acceptors (Lipinski definition) is 8. The van der Waals surface area contributed by atoms with Crippen molar-refractivity contribution >= 4 is 34.8 Å². The average Bonchev–Trinajstić information content (AvgIpc) is 3.40. The Hall–Kier alpha value is -2.50.